The van der Waals surface area contributed by atoms with Crippen molar-refractivity contribution in [3.63, 3.8) is 0 Å². The number of carbonyl (C=O) groups is 1. The van der Waals surface area contributed by atoms with Gasteiger partial charge in [0.15, 0.2) is 5.82 Å². The summed E-state index contributed by atoms with van der Waals surface area (Å²) in [6.45, 7) is 1.32. The van der Waals surface area contributed by atoms with Crippen LogP contribution in [-0.2, 0) is 13.0 Å². The van der Waals surface area contributed by atoms with Crippen molar-refractivity contribution in [2.75, 3.05) is 11.4 Å². The number of aromatic nitrogens is 3. The second kappa shape index (κ2) is 6.22. The zero-order valence-corrected chi connectivity index (χ0v) is 14.0. The van der Waals surface area contributed by atoms with Gasteiger partial charge in [-0.25, -0.2) is 4.79 Å². The zero-order chi connectivity index (χ0) is 17.4. The van der Waals surface area contributed by atoms with E-state index in [2.05, 4.69) is 22.3 Å². The summed E-state index contributed by atoms with van der Waals surface area (Å²) in [6.07, 6.45) is 0.846. The maximum Gasteiger partial charge on any atom is 0.360 e. The molecular weight excluding hydrogens is 340 g/mol. The summed E-state index contributed by atoms with van der Waals surface area (Å²) in [5.41, 5.74) is 3.04. The first kappa shape index (κ1) is 15.7. The Morgan fingerprint density at radius 3 is 2.64 bits per heavy atom. The van der Waals surface area contributed by atoms with Gasteiger partial charge < -0.3 is 10.0 Å². The van der Waals surface area contributed by atoms with E-state index in [0.29, 0.717) is 29.6 Å². The van der Waals surface area contributed by atoms with Crippen LogP contribution in [0.2, 0.25) is 5.02 Å². The molecule has 0 aliphatic carbocycles. The molecule has 1 aliphatic rings. The Kier molecular flexibility index (Phi) is 3.89. The third kappa shape index (κ3) is 2.96. The molecular formula is C18H15ClN4O2. The summed E-state index contributed by atoms with van der Waals surface area (Å²) in [5.74, 6) is -0.718. The van der Waals surface area contributed by atoms with Gasteiger partial charge in [-0.1, -0.05) is 41.9 Å². The third-order valence-corrected chi connectivity index (χ3v) is 4.50. The molecule has 0 amide bonds. The lowest BCUT2D eigenvalue weighted by Gasteiger charge is -2.28. The van der Waals surface area contributed by atoms with Crippen LogP contribution >= 0.6 is 11.6 Å². The van der Waals surface area contributed by atoms with Crippen molar-refractivity contribution < 1.29 is 9.90 Å². The van der Waals surface area contributed by atoms with Gasteiger partial charge in [-0.3, -0.25) is 0 Å². The number of carboxylic acid groups (broad SMARTS) is 1. The Labute approximate surface area is 149 Å². The average Bonchev–Trinajstić information content (AvgIpc) is 3.07. The van der Waals surface area contributed by atoms with E-state index >= 15 is 0 Å². The summed E-state index contributed by atoms with van der Waals surface area (Å²) >= 11 is 6.01. The summed E-state index contributed by atoms with van der Waals surface area (Å²) in [6, 6.07) is 15.2. The lowest BCUT2D eigenvalue weighted by atomic mass is 10.00. The van der Waals surface area contributed by atoms with Crippen LogP contribution in [0, 0.1) is 0 Å². The van der Waals surface area contributed by atoms with Gasteiger partial charge in [0.05, 0.1) is 5.69 Å². The van der Waals surface area contributed by atoms with Gasteiger partial charge in [0.1, 0.15) is 0 Å². The maximum absolute atomic E-state index is 11.7. The molecule has 2 aromatic carbocycles. The molecule has 0 bridgehead atoms. The average molecular weight is 355 g/mol. The first-order valence-electron chi connectivity index (χ1n) is 7.90. The predicted octanol–water partition coefficient (Wildman–Crippen LogP) is 3.18. The highest BCUT2D eigenvalue weighted by atomic mass is 35.5. The van der Waals surface area contributed by atoms with Gasteiger partial charge in [0.2, 0.25) is 5.69 Å². The van der Waals surface area contributed by atoms with E-state index in [-0.39, 0.29) is 5.69 Å². The van der Waals surface area contributed by atoms with E-state index in [4.69, 9.17) is 11.6 Å². The minimum atomic E-state index is -1.10. The highest BCUT2D eigenvalue weighted by molar-refractivity contribution is 6.30. The molecule has 1 aromatic heterocycles. The summed E-state index contributed by atoms with van der Waals surface area (Å²) in [4.78, 5) is 14.9. The molecule has 4 rings (SSSR count). The number of nitrogens with zero attached hydrogens (tertiary/aromatic N) is 4. The van der Waals surface area contributed by atoms with E-state index in [9.17, 15) is 9.90 Å². The Morgan fingerprint density at radius 1 is 1.08 bits per heavy atom. The van der Waals surface area contributed by atoms with E-state index in [1.807, 2.05) is 17.0 Å². The van der Waals surface area contributed by atoms with E-state index in [0.717, 1.165) is 6.42 Å². The fraction of sp³-hybridized carbons (Fsp3) is 0.167. The maximum atomic E-state index is 11.7. The number of anilines is 1. The number of benzene rings is 2. The fourth-order valence-electron chi connectivity index (χ4n) is 3.04. The number of carboxylic acids is 1. The molecule has 2 heterocycles. The molecule has 25 heavy (non-hydrogen) atoms. The third-order valence-electron chi connectivity index (χ3n) is 4.27. The SMILES string of the molecule is O=C(O)c1nn(-c2cccc(Cl)c2)nc1N1CCc2ccccc2C1. The van der Waals surface area contributed by atoms with Crippen molar-refractivity contribution in [1.82, 2.24) is 15.0 Å². The number of rotatable bonds is 3. The van der Waals surface area contributed by atoms with Gasteiger partial charge >= 0.3 is 5.97 Å². The molecule has 0 saturated heterocycles. The summed E-state index contributed by atoms with van der Waals surface area (Å²) in [5, 5.41) is 18.7. The van der Waals surface area contributed by atoms with Crippen molar-refractivity contribution in [3.05, 3.63) is 70.4 Å². The van der Waals surface area contributed by atoms with Crippen LogP contribution < -0.4 is 4.90 Å². The van der Waals surface area contributed by atoms with E-state index in [1.54, 1.807) is 24.3 Å². The van der Waals surface area contributed by atoms with E-state index < -0.39 is 5.97 Å². The minimum absolute atomic E-state index is 0.0562. The normalized spacial score (nSPS) is 13.6. The molecule has 7 heteroatoms. The smallest absolute Gasteiger partial charge is 0.360 e. The molecule has 0 atom stereocenters. The van der Waals surface area contributed by atoms with Crippen LogP contribution in [0.3, 0.4) is 0 Å². The van der Waals surface area contributed by atoms with Gasteiger partial charge in [-0.15, -0.1) is 15.0 Å². The quantitative estimate of drug-likeness (QED) is 0.782. The number of fused-ring (bicyclic) bond motifs is 1. The minimum Gasteiger partial charge on any atom is -0.476 e. The Morgan fingerprint density at radius 2 is 1.88 bits per heavy atom. The lowest BCUT2D eigenvalue weighted by molar-refractivity contribution is 0.0690. The zero-order valence-electron chi connectivity index (χ0n) is 13.3. The largest absolute Gasteiger partial charge is 0.476 e. The molecule has 1 N–H and O–H groups in total. The van der Waals surface area contributed by atoms with Crippen molar-refractivity contribution >= 4 is 23.4 Å². The molecule has 6 nitrogen and oxygen atoms in total. The lowest BCUT2D eigenvalue weighted by Crippen LogP contribution is -2.31. The first-order valence-corrected chi connectivity index (χ1v) is 8.28. The molecule has 3 aromatic rings. The van der Waals surface area contributed by atoms with Gasteiger partial charge in [-0.05, 0) is 35.7 Å². The van der Waals surface area contributed by atoms with Crippen LogP contribution in [0.1, 0.15) is 21.6 Å². The number of halogens is 1. The van der Waals surface area contributed by atoms with Crippen molar-refractivity contribution in [2.45, 2.75) is 13.0 Å². The number of aromatic carboxylic acids is 1. The van der Waals surface area contributed by atoms with E-state index in [1.165, 1.54) is 15.9 Å². The van der Waals surface area contributed by atoms with Crippen molar-refractivity contribution in [3.8, 4) is 5.69 Å². The Balaban J connectivity index is 1.73. The van der Waals surface area contributed by atoms with Gasteiger partial charge in [0, 0.05) is 18.1 Å². The summed E-state index contributed by atoms with van der Waals surface area (Å²) < 4.78 is 0. The molecule has 126 valence electrons. The fourth-order valence-corrected chi connectivity index (χ4v) is 3.23. The number of hydrogen-bond donors (Lipinski definition) is 1. The standard InChI is InChI=1S/C18H15ClN4O2/c19-14-6-3-7-15(10-14)23-20-16(18(24)25)17(21-23)22-9-8-12-4-1-2-5-13(12)11-22/h1-7,10H,8-9,11H2,(H,24,25). The molecule has 1 aliphatic heterocycles. The first-order chi connectivity index (χ1) is 12.1. The molecule has 0 spiro atoms. The topological polar surface area (TPSA) is 71.2 Å². The Bertz CT molecular complexity index is 954. The second-order valence-electron chi connectivity index (χ2n) is 5.89. The molecule has 0 saturated carbocycles. The summed E-state index contributed by atoms with van der Waals surface area (Å²) in [7, 11) is 0. The van der Waals surface area contributed by atoms with Crippen LogP contribution in [0.5, 0.6) is 0 Å². The highest BCUT2D eigenvalue weighted by Crippen LogP contribution is 2.26. The highest BCUT2D eigenvalue weighted by Gasteiger charge is 2.26. The van der Waals surface area contributed by atoms with Crippen LogP contribution in [-0.4, -0.2) is 32.6 Å². The van der Waals surface area contributed by atoms with Crippen molar-refractivity contribution in [2.24, 2.45) is 0 Å². The van der Waals surface area contributed by atoms with Crippen molar-refractivity contribution in [1.29, 1.82) is 0 Å². The Hall–Kier alpha value is -2.86. The van der Waals surface area contributed by atoms with Gasteiger partial charge in [-0.2, -0.15) is 0 Å². The molecule has 0 unspecified atom stereocenters. The van der Waals surface area contributed by atoms with Crippen LogP contribution in [0.15, 0.2) is 48.5 Å². The van der Waals surface area contributed by atoms with Crippen LogP contribution in [0.25, 0.3) is 5.69 Å². The molecule has 0 fully saturated rings. The monoisotopic (exact) mass is 354 g/mol. The van der Waals surface area contributed by atoms with Crippen LogP contribution in [0.4, 0.5) is 5.82 Å². The van der Waals surface area contributed by atoms with Gasteiger partial charge in [0.25, 0.3) is 0 Å². The molecule has 0 radical (unpaired) electrons. The second-order valence-corrected chi connectivity index (χ2v) is 6.32. The number of hydrogen-bond acceptors (Lipinski definition) is 4. The predicted molar refractivity (Wildman–Crippen MR) is 94.5 cm³/mol.